The van der Waals surface area contributed by atoms with Crippen molar-refractivity contribution >= 4 is 36.1 Å². The van der Waals surface area contributed by atoms with Crippen LogP contribution in [-0.4, -0.2) is 37.3 Å². The average molecular weight is 298 g/mol. The van der Waals surface area contributed by atoms with Crippen LogP contribution in [0.2, 0.25) is 5.02 Å². The third-order valence-electron chi connectivity index (χ3n) is 2.93. The molecule has 1 aromatic rings. The summed E-state index contributed by atoms with van der Waals surface area (Å²) in [6, 6.07) is 2.94. The first kappa shape index (κ1) is 14.8. The SMILES string of the molecule is COC(=O)C(C)OC(=O)c1cc2c(cc1Cl)COB2O. The predicted molar refractivity (Wildman–Crippen MR) is 70.7 cm³/mol. The Labute approximate surface area is 120 Å². The van der Waals surface area contributed by atoms with Gasteiger partial charge in [-0.05, 0) is 30.1 Å². The van der Waals surface area contributed by atoms with E-state index < -0.39 is 25.2 Å². The zero-order valence-corrected chi connectivity index (χ0v) is 11.6. The largest absolute Gasteiger partial charge is 0.491 e. The number of esters is 2. The molecule has 1 unspecified atom stereocenters. The highest BCUT2D eigenvalue weighted by Crippen LogP contribution is 2.22. The Kier molecular flexibility index (Phi) is 4.32. The quantitative estimate of drug-likeness (QED) is 0.637. The first-order valence-electron chi connectivity index (χ1n) is 5.84. The summed E-state index contributed by atoms with van der Waals surface area (Å²) in [4.78, 5) is 23.2. The highest BCUT2D eigenvalue weighted by Gasteiger charge is 2.30. The topological polar surface area (TPSA) is 82.1 Å². The van der Waals surface area contributed by atoms with Crippen LogP contribution in [-0.2, 0) is 25.5 Å². The monoisotopic (exact) mass is 298 g/mol. The lowest BCUT2D eigenvalue weighted by Gasteiger charge is -2.12. The summed E-state index contributed by atoms with van der Waals surface area (Å²) in [7, 11) is 0.106. The number of carbonyl (C=O) groups is 2. The first-order chi connectivity index (χ1) is 9.43. The number of halogens is 1. The standard InChI is InChI=1S/C12H12BClO6/c1-6(11(15)18-2)20-12(16)8-4-9-7(3-10(8)14)5-19-13(9)17/h3-4,6,17H,5H2,1-2H3. The molecule has 6 nitrogen and oxygen atoms in total. The van der Waals surface area contributed by atoms with E-state index in [-0.39, 0.29) is 17.2 Å². The number of ether oxygens (including phenoxy) is 2. The second-order valence-electron chi connectivity index (χ2n) is 4.26. The molecule has 1 aliphatic heterocycles. The summed E-state index contributed by atoms with van der Waals surface area (Å²) in [6.07, 6.45) is -1.04. The number of carbonyl (C=O) groups excluding carboxylic acids is 2. The van der Waals surface area contributed by atoms with Gasteiger partial charge < -0.3 is 19.2 Å². The number of hydrogen-bond acceptors (Lipinski definition) is 6. The van der Waals surface area contributed by atoms with Crippen molar-refractivity contribution in [3.63, 3.8) is 0 Å². The third-order valence-corrected chi connectivity index (χ3v) is 3.24. The summed E-state index contributed by atoms with van der Waals surface area (Å²) in [6.45, 7) is 1.62. The number of benzene rings is 1. The fourth-order valence-electron chi connectivity index (χ4n) is 1.84. The molecular formula is C12H12BClO6. The van der Waals surface area contributed by atoms with Crippen molar-refractivity contribution in [1.29, 1.82) is 0 Å². The van der Waals surface area contributed by atoms with Crippen molar-refractivity contribution in [2.45, 2.75) is 19.6 Å². The van der Waals surface area contributed by atoms with Crippen LogP contribution in [0.3, 0.4) is 0 Å². The molecule has 1 aromatic carbocycles. The zero-order valence-electron chi connectivity index (χ0n) is 10.9. The number of hydrogen-bond donors (Lipinski definition) is 1. The maximum Gasteiger partial charge on any atom is 0.491 e. The molecule has 0 bridgehead atoms. The molecule has 1 aliphatic rings. The minimum atomic E-state index is -1.09. The molecule has 0 aromatic heterocycles. The molecular weight excluding hydrogens is 286 g/mol. The number of fused-ring (bicyclic) bond motifs is 1. The van der Waals surface area contributed by atoms with Crippen LogP contribution in [0.4, 0.5) is 0 Å². The average Bonchev–Trinajstić information content (AvgIpc) is 2.77. The maximum absolute atomic E-state index is 12.0. The van der Waals surface area contributed by atoms with Crippen LogP contribution in [0.15, 0.2) is 12.1 Å². The molecule has 20 heavy (non-hydrogen) atoms. The summed E-state index contributed by atoms with van der Waals surface area (Å²) < 4.78 is 14.4. The van der Waals surface area contributed by atoms with E-state index >= 15 is 0 Å². The lowest BCUT2D eigenvalue weighted by atomic mass is 9.79. The van der Waals surface area contributed by atoms with Crippen molar-refractivity contribution in [2.24, 2.45) is 0 Å². The molecule has 106 valence electrons. The highest BCUT2D eigenvalue weighted by molar-refractivity contribution is 6.61. The molecule has 0 saturated heterocycles. The van der Waals surface area contributed by atoms with E-state index in [4.69, 9.17) is 21.0 Å². The summed E-state index contributed by atoms with van der Waals surface area (Å²) in [5.74, 6) is -1.44. The van der Waals surface area contributed by atoms with Crippen molar-refractivity contribution in [2.75, 3.05) is 7.11 Å². The van der Waals surface area contributed by atoms with Gasteiger partial charge in [0.25, 0.3) is 0 Å². The van der Waals surface area contributed by atoms with Gasteiger partial charge in [-0.25, -0.2) is 9.59 Å². The van der Waals surface area contributed by atoms with Gasteiger partial charge in [-0.15, -0.1) is 0 Å². The summed E-state index contributed by atoms with van der Waals surface area (Å²) in [5, 5.41) is 9.77. The molecule has 2 rings (SSSR count). The van der Waals surface area contributed by atoms with Gasteiger partial charge in [-0.1, -0.05) is 11.6 Å². The fourth-order valence-corrected chi connectivity index (χ4v) is 2.10. The minimum absolute atomic E-state index is 0.0609. The minimum Gasteiger partial charge on any atom is -0.466 e. The maximum atomic E-state index is 12.0. The van der Waals surface area contributed by atoms with Crippen LogP contribution < -0.4 is 5.46 Å². The molecule has 1 heterocycles. The fraction of sp³-hybridized carbons (Fsp3) is 0.333. The molecule has 0 aliphatic carbocycles. The number of methoxy groups -OCH3 is 1. The normalized spacial score (nSPS) is 14.7. The van der Waals surface area contributed by atoms with Gasteiger partial charge in [0.15, 0.2) is 6.10 Å². The Balaban J connectivity index is 2.23. The predicted octanol–water partition coefficient (Wildman–Crippen LogP) is 0.276. The van der Waals surface area contributed by atoms with E-state index in [1.165, 1.54) is 26.2 Å². The second kappa shape index (κ2) is 5.82. The van der Waals surface area contributed by atoms with Gasteiger partial charge in [0.2, 0.25) is 0 Å². The molecule has 0 fully saturated rings. The third kappa shape index (κ3) is 2.79. The molecule has 0 radical (unpaired) electrons. The van der Waals surface area contributed by atoms with Crippen molar-refractivity contribution in [3.05, 3.63) is 28.3 Å². The molecule has 8 heteroatoms. The van der Waals surface area contributed by atoms with Gasteiger partial charge in [0, 0.05) is 0 Å². The van der Waals surface area contributed by atoms with Crippen LogP contribution in [0.5, 0.6) is 0 Å². The Morgan fingerprint density at radius 3 is 2.85 bits per heavy atom. The van der Waals surface area contributed by atoms with Gasteiger partial charge in [0.1, 0.15) is 0 Å². The van der Waals surface area contributed by atoms with E-state index in [9.17, 15) is 14.6 Å². The Bertz CT molecular complexity index is 561. The molecule has 0 saturated carbocycles. The van der Waals surface area contributed by atoms with E-state index in [0.717, 1.165) is 0 Å². The van der Waals surface area contributed by atoms with Crippen LogP contribution in [0.1, 0.15) is 22.8 Å². The number of rotatable bonds is 3. The Morgan fingerprint density at radius 2 is 2.20 bits per heavy atom. The van der Waals surface area contributed by atoms with Gasteiger partial charge in [0.05, 0.1) is 24.3 Å². The smallest absolute Gasteiger partial charge is 0.466 e. The summed E-state index contributed by atoms with van der Waals surface area (Å²) in [5.41, 5.74) is 1.23. The van der Waals surface area contributed by atoms with Crippen LogP contribution in [0.25, 0.3) is 0 Å². The van der Waals surface area contributed by atoms with Gasteiger partial charge in [-0.2, -0.15) is 0 Å². The van der Waals surface area contributed by atoms with Crippen molar-refractivity contribution < 1.29 is 28.7 Å². The molecule has 1 atom stereocenters. The van der Waals surface area contributed by atoms with Gasteiger partial charge in [-0.3, -0.25) is 0 Å². The zero-order chi connectivity index (χ0) is 14.9. The van der Waals surface area contributed by atoms with E-state index in [2.05, 4.69) is 4.74 Å². The second-order valence-corrected chi connectivity index (χ2v) is 4.67. The van der Waals surface area contributed by atoms with E-state index in [1.807, 2.05) is 0 Å². The lowest BCUT2D eigenvalue weighted by Crippen LogP contribution is -2.30. The van der Waals surface area contributed by atoms with E-state index in [0.29, 0.717) is 11.0 Å². The highest BCUT2D eigenvalue weighted by atomic mass is 35.5. The summed E-state index contributed by atoms with van der Waals surface area (Å²) >= 11 is 5.99. The van der Waals surface area contributed by atoms with Crippen LogP contribution >= 0.6 is 11.6 Å². The Hall–Kier alpha value is -1.57. The van der Waals surface area contributed by atoms with E-state index in [1.54, 1.807) is 0 Å². The molecule has 0 amide bonds. The van der Waals surface area contributed by atoms with Crippen molar-refractivity contribution in [1.82, 2.24) is 0 Å². The van der Waals surface area contributed by atoms with Crippen LogP contribution in [0, 0.1) is 0 Å². The molecule has 0 spiro atoms. The van der Waals surface area contributed by atoms with Gasteiger partial charge >= 0.3 is 19.1 Å². The molecule has 1 N–H and O–H groups in total. The lowest BCUT2D eigenvalue weighted by molar-refractivity contribution is -0.149. The van der Waals surface area contributed by atoms with Crippen molar-refractivity contribution in [3.8, 4) is 0 Å². The Morgan fingerprint density at radius 1 is 1.50 bits per heavy atom. The first-order valence-corrected chi connectivity index (χ1v) is 6.22.